The Hall–Kier alpha value is -1.76. The van der Waals surface area contributed by atoms with Gasteiger partial charge in [0.15, 0.2) is 11.6 Å². The van der Waals surface area contributed by atoms with Crippen LogP contribution in [0.4, 0.5) is 20.2 Å². The largest absolute Gasteiger partial charge is 0.307 e. The van der Waals surface area contributed by atoms with E-state index in [0.29, 0.717) is 12.1 Å². The molecule has 0 bridgehead atoms. The van der Waals surface area contributed by atoms with Crippen molar-refractivity contribution in [2.24, 2.45) is 5.92 Å². The lowest BCUT2D eigenvalue weighted by atomic mass is 10.1. The number of carbonyl (C=O) groups is 1. The molecule has 5 nitrogen and oxygen atoms in total. The number of amides is 1. The maximum Gasteiger partial charge on any atom is 0.275 e. The second kappa shape index (κ2) is 5.08. The highest BCUT2D eigenvalue weighted by Gasteiger charge is 2.34. The Morgan fingerprint density at radius 2 is 2.00 bits per heavy atom. The van der Waals surface area contributed by atoms with Crippen LogP contribution < -0.4 is 4.90 Å². The van der Waals surface area contributed by atoms with Gasteiger partial charge in [-0.05, 0) is 5.92 Å². The first kappa shape index (κ1) is 13.7. The maximum absolute atomic E-state index is 13.8. The Morgan fingerprint density at radius 1 is 1.42 bits per heavy atom. The molecule has 0 spiro atoms. The summed E-state index contributed by atoms with van der Waals surface area (Å²) in [4.78, 5) is 22.2. The van der Waals surface area contributed by atoms with Crippen LogP contribution in [-0.2, 0) is 4.79 Å². The second-order valence-electron chi connectivity index (χ2n) is 4.24. The molecule has 1 fully saturated rings. The van der Waals surface area contributed by atoms with Crippen molar-refractivity contribution in [3.05, 3.63) is 33.9 Å². The Bertz CT molecular complexity index is 530. The van der Waals surface area contributed by atoms with Gasteiger partial charge in [-0.15, -0.1) is 11.6 Å². The maximum atomic E-state index is 13.8. The molecule has 19 heavy (non-hydrogen) atoms. The van der Waals surface area contributed by atoms with Gasteiger partial charge in [-0.2, -0.15) is 0 Å². The van der Waals surface area contributed by atoms with Gasteiger partial charge < -0.3 is 4.90 Å². The predicted molar refractivity (Wildman–Crippen MR) is 64.2 cm³/mol. The second-order valence-corrected chi connectivity index (χ2v) is 4.55. The molecule has 0 N–H and O–H groups in total. The van der Waals surface area contributed by atoms with Crippen molar-refractivity contribution in [1.29, 1.82) is 0 Å². The average Bonchev–Trinajstić information content (AvgIpc) is 2.70. The van der Waals surface area contributed by atoms with Crippen LogP contribution in [0.1, 0.15) is 6.42 Å². The molecule has 0 radical (unpaired) electrons. The van der Waals surface area contributed by atoms with Crippen LogP contribution in [0.15, 0.2) is 12.1 Å². The summed E-state index contributed by atoms with van der Waals surface area (Å²) < 4.78 is 27.5. The number of rotatable bonds is 3. The third-order valence-corrected chi connectivity index (χ3v) is 3.34. The van der Waals surface area contributed by atoms with Crippen molar-refractivity contribution in [2.75, 3.05) is 17.3 Å². The highest BCUT2D eigenvalue weighted by molar-refractivity contribution is 6.18. The number of hydrogen-bond acceptors (Lipinski definition) is 3. The van der Waals surface area contributed by atoms with E-state index < -0.39 is 33.8 Å². The zero-order chi connectivity index (χ0) is 14.2. The minimum atomic E-state index is -1.13. The van der Waals surface area contributed by atoms with Gasteiger partial charge in [0.05, 0.1) is 17.1 Å². The molecule has 1 aromatic rings. The lowest BCUT2D eigenvalue weighted by Gasteiger charge is -2.17. The number of hydrogen-bond donors (Lipinski definition) is 0. The van der Waals surface area contributed by atoms with E-state index in [-0.39, 0.29) is 24.8 Å². The van der Waals surface area contributed by atoms with Gasteiger partial charge in [-0.1, -0.05) is 0 Å². The molecule has 0 aliphatic carbocycles. The summed E-state index contributed by atoms with van der Waals surface area (Å²) >= 11 is 5.62. The number of halogens is 3. The van der Waals surface area contributed by atoms with Gasteiger partial charge in [0.1, 0.15) is 5.69 Å². The van der Waals surface area contributed by atoms with Gasteiger partial charge in [-0.25, -0.2) is 8.78 Å². The SMILES string of the molecule is O=C1CC(CCl)CN1c1c(F)cc([N+](=O)[O-])cc1F. The topological polar surface area (TPSA) is 63.5 Å². The fourth-order valence-electron chi connectivity index (χ4n) is 2.02. The fourth-order valence-corrected chi connectivity index (χ4v) is 2.22. The van der Waals surface area contributed by atoms with Crippen molar-refractivity contribution >= 4 is 28.9 Å². The molecule has 0 aromatic heterocycles. The number of non-ortho nitro benzene ring substituents is 1. The number of anilines is 1. The summed E-state index contributed by atoms with van der Waals surface area (Å²) in [6, 6.07) is 1.19. The highest BCUT2D eigenvalue weighted by Crippen LogP contribution is 2.32. The summed E-state index contributed by atoms with van der Waals surface area (Å²) in [5.74, 6) is -2.68. The van der Waals surface area contributed by atoms with Crippen LogP contribution in [0.5, 0.6) is 0 Å². The Labute approximate surface area is 111 Å². The van der Waals surface area contributed by atoms with Crippen LogP contribution in [0, 0.1) is 27.7 Å². The monoisotopic (exact) mass is 290 g/mol. The van der Waals surface area contributed by atoms with Crippen LogP contribution in [0.2, 0.25) is 0 Å². The summed E-state index contributed by atoms with van der Waals surface area (Å²) in [5, 5.41) is 10.5. The summed E-state index contributed by atoms with van der Waals surface area (Å²) in [7, 11) is 0. The number of alkyl halides is 1. The molecule has 0 saturated carbocycles. The zero-order valence-corrected chi connectivity index (χ0v) is 10.4. The third-order valence-electron chi connectivity index (χ3n) is 2.91. The van der Waals surface area contributed by atoms with Gasteiger partial charge >= 0.3 is 0 Å². The number of nitro benzene ring substituents is 1. The minimum absolute atomic E-state index is 0.105. The van der Waals surface area contributed by atoms with E-state index in [9.17, 15) is 23.7 Å². The minimum Gasteiger partial charge on any atom is -0.307 e. The van der Waals surface area contributed by atoms with E-state index in [2.05, 4.69) is 0 Å². The quantitative estimate of drug-likeness (QED) is 0.488. The van der Waals surface area contributed by atoms with Crippen molar-refractivity contribution in [3.8, 4) is 0 Å². The van der Waals surface area contributed by atoms with E-state index in [1.807, 2.05) is 0 Å². The summed E-state index contributed by atoms with van der Waals surface area (Å²) in [6.07, 6.45) is 0.110. The average molecular weight is 291 g/mol. The normalized spacial score (nSPS) is 19.0. The molecule has 102 valence electrons. The standard InChI is InChI=1S/C11H9ClF2N2O3/c12-4-6-1-10(17)15(5-6)11-8(13)2-7(16(18)19)3-9(11)14/h2-3,6H,1,4-5H2. The molecular weight excluding hydrogens is 282 g/mol. The third kappa shape index (κ3) is 2.51. The Balaban J connectivity index is 2.41. The Morgan fingerprint density at radius 3 is 2.42 bits per heavy atom. The molecule has 1 heterocycles. The van der Waals surface area contributed by atoms with Crippen molar-refractivity contribution in [3.63, 3.8) is 0 Å². The van der Waals surface area contributed by atoms with E-state index in [4.69, 9.17) is 11.6 Å². The first-order chi connectivity index (χ1) is 8.93. The molecule has 2 rings (SSSR count). The molecule has 1 unspecified atom stereocenters. The molecule has 1 aromatic carbocycles. The summed E-state index contributed by atoms with van der Waals surface area (Å²) in [6.45, 7) is 0.105. The lowest BCUT2D eigenvalue weighted by Crippen LogP contribution is -2.27. The van der Waals surface area contributed by atoms with Gasteiger partial charge in [0, 0.05) is 18.8 Å². The van der Waals surface area contributed by atoms with Crippen molar-refractivity contribution in [1.82, 2.24) is 0 Å². The first-order valence-corrected chi connectivity index (χ1v) is 5.97. The van der Waals surface area contributed by atoms with Crippen LogP contribution in [0.3, 0.4) is 0 Å². The van der Waals surface area contributed by atoms with Gasteiger partial charge in [0.2, 0.25) is 5.91 Å². The van der Waals surface area contributed by atoms with E-state index in [1.54, 1.807) is 0 Å². The van der Waals surface area contributed by atoms with E-state index >= 15 is 0 Å². The molecule has 1 atom stereocenters. The zero-order valence-electron chi connectivity index (χ0n) is 9.61. The molecule has 1 amide bonds. The molecule has 1 aliphatic rings. The van der Waals surface area contributed by atoms with Gasteiger partial charge in [-0.3, -0.25) is 14.9 Å². The van der Waals surface area contributed by atoms with E-state index in [1.165, 1.54) is 0 Å². The molecule has 8 heteroatoms. The number of nitro groups is 1. The molecule has 1 aliphatic heterocycles. The fraction of sp³-hybridized carbons (Fsp3) is 0.364. The van der Waals surface area contributed by atoms with Gasteiger partial charge in [0.25, 0.3) is 5.69 Å². The number of benzene rings is 1. The summed E-state index contributed by atoms with van der Waals surface area (Å²) in [5.41, 5.74) is -1.25. The Kier molecular flexibility index (Phi) is 3.66. The van der Waals surface area contributed by atoms with Crippen LogP contribution in [-0.4, -0.2) is 23.3 Å². The predicted octanol–water partition coefficient (Wildman–Crippen LogP) is 2.46. The van der Waals surface area contributed by atoms with Crippen LogP contribution in [0.25, 0.3) is 0 Å². The molecule has 1 saturated heterocycles. The highest BCUT2D eigenvalue weighted by atomic mass is 35.5. The lowest BCUT2D eigenvalue weighted by molar-refractivity contribution is -0.385. The van der Waals surface area contributed by atoms with Crippen LogP contribution >= 0.6 is 11.6 Å². The first-order valence-electron chi connectivity index (χ1n) is 5.43. The number of carbonyl (C=O) groups excluding carboxylic acids is 1. The van der Waals surface area contributed by atoms with Crippen molar-refractivity contribution < 1.29 is 18.5 Å². The molecular formula is C11H9ClF2N2O3. The number of nitrogens with zero attached hydrogens (tertiary/aromatic N) is 2. The smallest absolute Gasteiger partial charge is 0.275 e. The van der Waals surface area contributed by atoms with Crippen molar-refractivity contribution in [2.45, 2.75) is 6.42 Å². The van der Waals surface area contributed by atoms with E-state index in [0.717, 1.165) is 4.90 Å².